The second-order valence-corrected chi connectivity index (χ2v) is 40.6. The summed E-state index contributed by atoms with van der Waals surface area (Å²) in [5.74, 6) is -0.105. The number of ether oxygens (including phenoxy) is 3. The van der Waals surface area contributed by atoms with Gasteiger partial charge in [0.2, 0.25) is 0 Å². The Balaban J connectivity index is 0.000000417. The van der Waals surface area contributed by atoms with Crippen LogP contribution < -0.4 is 14.2 Å². The number of benzene rings is 6. The molecular formula is C97H113BrCl2N6O21S9. The zero-order valence-corrected chi connectivity index (χ0v) is 85.8. The van der Waals surface area contributed by atoms with E-state index in [0.29, 0.717) is 176 Å². The molecular weight excluding hydrogens is 2020 g/mol. The van der Waals surface area contributed by atoms with Gasteiger partial charge in [0, 0.05) is 108 Å². The van der Waals surface area contributed by atoms with Crippen LogP contribution in [0.3, 0.4) is 0 Å². The van der Waals surface area contributed by atoms with Crippen molar-refractivity contribution in [1.82, 2.24) is 14.2 Å². The van der Waals surface area contributed by atoms with Crippen molar-refractivity contribution in [3.05, 3.63) is 275 Å². The smallest absolute Gasteiger partial charge is 0.194 e. The van der Waals surface area contributed by atoms with Gasteiger partial charge in [0.25, 0.3) is 0 Å². The van der Waals surface area contributed by atoms with E-state index in [1.54, 1.807) is 80.7 Å². The Hall–Kier alpha value is -8.54. The van der Waals surface area contributed by atoms with Gasteiger partial charge in [-0.05, 0) is 217 Å². The number of rotatable bonds is 48. The molecule has 732 valence electrons. The van der Waals surface area contributed by atoms with Gasteiger partial charge in [-0.3, -0.25) is 57.9 Å². The van der Waals surface area contributed by atoms with Crippen molar-refractivity contribution < 1.29 is 106 Å². The molecule has 0 aliphatic heterocycles. The lowest BCUT2D eigenvalue weighted by Gasteiger charge is -2.19. The Kier molecular flexibility index (Phi) is 54.4. The molecule has 0 fully saturated rings. The van der Waals surface area contributed by atoms with E-state index in [-0.39, 0.29) is 130 Å². The van der Waals surface area contributed by atoms with Gasteiger partial charge in [0.15, 0.2) is 34.7 Å². The molecule has 6 aromatic heterocycles. The molecule has 0 atom stereocenters. The molecule has 0 radical (unpaired) electrons. The number of carbonyl (C=O) groups is 6. The van der Waals surface area contributed by atoms with Gasteiger partial charge in [0.05, 0.1) is 113 Å². The first-order chi connectivity index (χ1) is 62.7. The number of aromatic hydroxyl groups is 3. The number of ketones is 6. The summed E-state index contributed by atoms with van der Waals surface area (Å²) in [6, 6.07) is 55.4. The number of aliphatic hydroxyl groups excluding tert-OH is 3. The van der Waals surface area contributed by atoms with Crippen LogP contribution in [0.5, 0.6) is 17.2 Å². The van der Waals surface area contributed by atoms with Crippen molar-refractivity contribution in [2.24, 2.45) is 15.0 Å². The van der Waals surface area contributed by atoms with E-state index in [1.807, 2.05) is 120 Å². The summed E-state index contributed by atoms with van der Waals surface area (Å²) in [6.45, 7) is 16.3. The molecule has 6 aromatic carbocycles. The number of hydrogen-bond donors (Lipinski definition) is 9. The first kappa shape index (κ1) is 120. The molecule has 39 heteroatoms. The molecule has 136 heavy (non-hydrogen) atoms. The van der Waals surface area contributed by atoms with E-state index in [0.717, 1.165) is 62.3 Å². The van der Waals surface area contributed by atoms with Crippen molar-refractivity contribution in [2.75, 3.05) is 98.7 Å². The summed E-state index contributed by atoms with van der Waals surface area (Å²) >= 11 is 27.9. The number of nitrogens with zero attached hydrogens (tertiary/aromatic N) is 3. The van der Waals surface area contributed by atoms with E-state index in [4.69, 9.17) is 52.7 Å². The molecule has 0 aliphatic rings. The van der Waals surface area contributed by atoms with Crippen molar-refractivity contribution in [1.29, 1.82) is 0 Å². The Bertz CT molecular complexity index is 5840. The number of halogens is 3. The Morgan fingerprint density at radius 1 is 0.375 bits per heavy atom. The average Bonchev–Trinajstić information content (AvgIpc) is 1.66. The normalized spacial score (nSPS) is 11.3. The second kappa shape index (κ2) is 61.8. The molecule has 0 saturated carbocycles. The maximum atomic E-state index is 12.9. The van der Waals surface area contributed by atoms with Gasteiger partial charge < -0.3 is 77.7 Å². The minimum absolute atomic E-state index is 0. The fourth-order valence-corrected chi connectivity index (χ4v) is 20.5. The molecule has 0 unspecified atom stereocenters. The maximum absolute atomic E-state index is 12.9. The van der Waals surface area contributed by atoms with E-state index in [9.17, 15) is 44.1 Å². The summed E-state index contributed by atoms with van der Waals surface area (Å²) < 4.78 is 26.2. The first-order valence-corrected chi connectivity index (χ1v) is 50.6. The van der Waals surface area contributed by atoms with Crippen LogP contribution in [0.2, 0.25) is 10.0 Å². The minimum Gasteiger partial charge on any atom is -0.506 e. The van der Waals surface area contributed by atoms with Crippen molar-refractivity contribution in [3.63, 3.8) is 0 Å². The van der Waals surface area contributed by atoms with Gasteiger partial charge in [0.1, 0.15) is 36.9 Å². The number of hydrogen-bond acceptors (Lipinski definition) is 30. The fourth-order valence-electron chi connectivity index (χ4n) is 12.3. The second-order valence-electron chi connectivity index (χ2n) is 30.1. The zero-order chi connectivity index (χ0) is 93.1. The summed E-state index contributed by atoms with van der Waals surface area (Å²) in [5, 5.41) is 65.0. The average molecular weight is 2140 g/mol. The number of aliphatic imine (C=N–C) groups is 3. The van der Waals surface area contributed by atoms with Gasteiger partial charge in [-0.1, -0.05) is 139 Å². The Morgan fingerprint density at radius 2 is 0.654 bits per heavy atom. The highest BCUT2D eigenvalue weighted by molar-refractivity contribution is 9.10. The van der Waals surface area contributed by atoms with Gasteiger partial charge in [-0.25, -0.2) is 0 Å². The van der Waals surface area contributed by atoms with E-state index < -0.39 is 0 Å². The van der Waals surface area contributed by atoms with Gasteiger partial charge in [-0.2, -0.15) is 0 Å². The molecule has 12 aromatic rings. The molecule has 0 saturated heterocycles. The largest absolute Gasteiger partial charge is 0.506 e. The number of aryl methyl sites for hydroxylation is 3. The lowest BCUT2D eigenvalue weighted by molar-refractivity contribution is 0.0964. The summed E-state index contributed by atoms with van der Waals surface area (Å²) in [7, 11) is 0. The van der Waals surface area contributed by atoms with Crippen LogP contribution >= 0.6 is 143 Å². The van der Waals surface area contributed by atoms with Crippen LogP contribution in [-0.2, 0) is 38.9 Å². The quantitative estimate of drug-likeness (QED) is 0.00740. The molecule has 6 heterocycles. The van der Waals surface area contributed by atoms with E-state index >= 15 is 0 Å². The number of Topliss-reactive ketones (excluding diaryl/α,β-unsaturated/α-hetero) is 6. The van der Waals surface area contributed by atoms with E-state index in [1.165, 1.54) is 109 Å². The lowest BCUT2D eigenvalue weighted by Crippen LogP contribution is -2.13. The van der Waals surface area contributed by atoms with Crippen molar-refractivity contribution >= 4 is 195 Å². The number of nitrogens with one attached hydrogen (secondary N) is 3. The highest BCUT2D eigenvalue weighted by Crippen LogP contribution is 2.43. The molecule has 0 amide bonds. The molecule has 12 rings (SSSR count). The van der Waals surface area contributed by atoms with Crippen LogP contribution in [0, 0.1) is 0 Å². The van der Waals surface area contributed by atoms with Crippen LogP contribution in [0.4, 0.5) is 0 Å². The third-order valence-electron chi connectivity index (χ3n) is 19.6. The SMILES string of the molecule is CC(=NCC(=O)c1ccc(C(=O)CCc2ccc(SNCCOCCO)cc2)s1)c1csc(-c2ccc(Br)cc2)c1O.CC(=NCC(=O)c1ccc(C(=O)CCc2ccc(SNCCOCCO)cc2)s1)c1csc(-c2ccc(C(C)(C)C)cc2)c1O.CC(=NCC(=O)c1ccc(C(=O)CCc2ccc(SNCCOCCO)cc2)s1)c1csc(-c2ccc(Cl)c(Cl)c2)c1O.O.O.O.O.O.O. The van der Waals surface area contributed by atoms with Gasteiger partial charge >= 0.3 is 0 Å². The highest BCUT2D eigenvalue weighted by Gasteiger charge is 2.24. The van der Waals surface area contributed by atoms with Crippen molar-refractivity contribution in [2.45, 2.75) is 100 Å². The molecule has 27 nitrogen and oxygen atoms in total. The van der Waals surface area contributed by atoms with E-state index in [2.05, 4.69) is 78.0 Å². The summed E-state index contributed by atoms with van der Waals surface area (Å²) in [4.78, 5) is 98.8. The monoisotopic (exact) mass is 2130 g/mol. The summed E-state index contributed by atoms with van der Waals surface area (Å²) in [5.41, 5.74) is 10.6. The predicted molar refractivity (Wildman–Crippen MR) is 562 cm³/mol. The lowest BCUT2D eigenvalue weighted by atomic mass is 9.86. The van der Waals surface area contributed by atoms with Crippen LogP contribution in [-0.4, -0.2) is 214 Å². The Labute approximate surface area is 845 Å². The third-order valence-corrected chi connectivity index (χ3v) is 30.0. The number of aliphatic hydroxyl groups is 3. The zero-order valence-electron chi connectivity index (χ0n) is 75.3. The minimum atomic E-state index is -0.190. The van der Waals surface area contributed by atoms with Gasteiger partial charge in [-0.15, -0.1) is 68.0 Å². The highest BCUT2D eigenvalue weighted by atomic mass is 79.9. The molecule has 21 N–H and O–H groups in total. The fraction of sp³-hybridized carbons (Fsp3) is 0.289. The topological polar surface area (TPSA) is 514 Å². The number of thiophene rings is 6. The van der Waals surface area contributed by atoms with Crippen LogP contribution in [0.1, 0.15) is 158 Å². The van der Waals surface area contributed by atoms with Crippen molar-refractivity contribution in [3.8, 4) is 48.6 Å². The van der Waals surface area contributed by atoms with Crippen LogP contribution in [0.15, 0.2) is 226 Å². The molecule has 0 spiro atoms. The number of carbonyl (C=O) groups excluding carboxylic acids is 6. The maximum Gasteiger partial charge on any atom is 0.194 e. The predicted octanol–water partition coefficient (Wildman–Crippen LogP) is 17.3. The Morgan fingerprint density at radius 3 is 0.941 bits per heavy atom. The standard InChI is InChI=1S/C35H40N2O5S3.C31H31BrN2O5S3.C31H30Cl2N2O5S3.6H2O/c1-23(28-22-43-34(33(28)41)25-8-10-26(11-9-25)35(2,3)4)36-21-30(40)32-16-15-31(44-32)29(39)14-7-24-5-12-27(13-6-24)45-37-17-19-42-20-18-38;1-20(25-19-40-31(30(25)38)22-5-7-23(32)8-6-22)33-18-27(37)29-13-12-28(41-29)26(36)11-4-21-2-9-24(10-3-21)42-34-14-16-39-17-15-35;1-19(23-18-41-31(30(23)39)21-5-8-24(32)25(33)16-21)34-17-27(38)29-11-10-28(42-29)26(37)9-4-20-2-6-22(7-3-20)43-35-12-14-40-15-13-36;;;;;;/h5-6,8-13,15-16,22,37-38,41H,7,14,17-21H2,1-4H3;2-3,5-10,12-13,19,34-35,38H,4,11,14-18H2,1H3;2-3,5-8,10-11,16,18,35-36,39H,4,9,12-15,17H2,1H3;6*1H2. The molecule has 0 bridgehead atoms. The third kappa shape index (κ3) is 37.2. The first-order valence-electron chi connectivity index (χ1n) is 41.5. The summed E-state index contributed by atoms with van der Waals surface area (Å²) in [6.07, 6.45) is 2.89. The molecule has 0 aliphatic carbocycles. The van der Waals surface area contributed by atoms with Crippen LogP contribution in [0.25, 0.3) is 31.3 Å².